The van der Waals surface area contributed by atoms with E-state index in [4.69, 9.17) is 11.6 Å². The third-order valence-electron chi connectivity index (χ3n) is 4.94. The highest BCUT2D eigenvalue weighted by Crippen LogP contribution is 2.39. The molecule has 1 aromatic rings. The Balaban J connectivity index is 2.08. The summed E-state index contributed by atoms with van der Waals surface area (Å²) in [5.41, 5.74) is -0.294. The molecule has 1 aliphatic rings. The maximum Gasteiger partial charge on any atom is 0.251 e. The van der Waals surface area contributed by atoms with Gasteiger partial charge in [0.25, 0.3) is 5.91 Å². The van der Waals surface area contributed by atoms with E-state index in [1.54, 1.807) is 0 Å². The average molecular weight is 373 g/mol. The molecule has 0 saturated carbocycles. The Bertz CT molecular complexity index is 618. The van der Waals surface area contributed by atoms with E-state index in [0.717, 1.165) is 19.0 Å². The topological polar surface area (TPSA) is 41.1 Å². The van der Waals surface area contributed by atoms with Crippen molar-refractivity contribution in [3.8, 4) is 0 Å². The summed E-state index contributed by atoms with van der Waals surface area (Å²) < 4.78 is 28.3. The number of carbonyl (C=O) groups is 1. The maximum atomic E-state index is 14.8. The van der Waals surface area contributed by atoms with Gasteiger partial charge in [0.1, 0.15) is 12.0 Å². The summed E-state index contributed by atoms with van der Waals surface area (Å²) in [5.74, 6) is -1.04. The number of nitrogens with one attached hydrogen (secondary N) is 2. The molecule has 1 fully saturated rings. The van der Waals surface area contributed by atoms with Gasteiger partial charge in [0.2, 0.25) is 0 Å². The molecule has 2 atom stereocenters. The maximum absolute atomic E-state index is 14.8. The Hall–Kier alpha value is -1.20. The van der Waals surface area contributed by atoms with Crippen molar-refractivity contribution in [3.05, 3.63) is 34.6 Å². The van der Waals surface area contributed by atoms with E-state index in [1.807, 2.05) is 0 Å². The highest BCUT2D eigenvalue weighted by molar-refractivity contribution is 6.30. The second-order valence-electron chi connectivity index (χ2n) is 8.16. The molecule has 1 saturated heterocycles. The van der Waals surface area contributed by atoms with Crippen molar-refractivity contribution in [2.45, 2.75) is 46.2 Å². The summed E-state index contributed by atoms with van der Waals surface area (Å²) in [6, 6.07) is 3.93. The van der Waals surface area contributed by atoms with Gasteiger partial charge < -0.3 is 10.6 Å². The van der Waals surface area contributed by atoms with Crippen LogP contribution in [0.5, 0.6) is 0 Å². The van der Waals surface area contributed by atoms with Crippen LogP contribution in [0.3, 0.4) is 0 Å². The van der Waals surface area contributed by atoms with Crippen LogP contribution in [0, 0.1) is 16.6 Å². The van der Waals surface area contributed by atoms with Gasteiger partial charge in [0.05, 0.1) is 5.02 Å². The van der Waals surface area contributed by atoms with E-state index in [2.05, 4.69) is 31.4 Å². The molecule has 0 unspecified atom stereocenters. The van der Waals surface area contributed by atoms with Gasteiger partial charge in [0, 0.05) is 24.1 Å². The van der Waals surface area contributed by atoms with Crippen LogP contribution < -0.4 is 10.6 Å². The number of halogens is 3. The van der Waals surface area contributed by atoms with Crippen LogP contribution >= 0.6 is 11.6 Å². The lowest BCUT2D eigenvalue weighted by Gasteiger charge is -2.42. The van der Waals surface area contributed by atoms with Crippen molar-refractivity contribution in [1.82, 2.24) is 10.6 Å². The second-order valence-corrected chi connectivity index (χ2v) is 8.56. The van der Waals surface area contributed by atoms with Crippen molar-refractivity contribution in [2.24, 2.45) is 10.8 Å². The summed E-state index contributed by atoms with van der Waals surface area (Å²) in [4.78, 5) is 12.3. The number of piperidine rings is 1. The zero-order valence-corrected chi connectivity index (χ0v) is 15.9. The number of carbonyl (C=O) groups excluding carboxylic acids is 1. The fourth-order valence-corrected chi connectivity index (χ4v) is 3.25. The summed E-state index contributed by atoms with van der Waals surface area (Å²) in [7, 11) is 0. The Morgan fingerprint density at radius 1 is 1.44 bits per heavy atom. The first-order chi connectivity index (χ1) is 11.6. The standard InChI is InChI=1S/C19H27ClF2N2O/c1-18(2,3)6-7-19(8-9-23-11-16(19)22)12-24-17(25)13-4-5-14(20)15(21)10-13/h4-5,10,16,23H,6-9,11-12H2,1-3H3,(H,24,25)/t16-,19-/m1/s1. The van der Waals surface area contributed by atoms with Crippen molar-refractivity contribution < 1.29 is 13.6 Å². The van der Waals surface area contributed by atoms with E-state index in [9.17, 15) is 13.6 Å². The minimum absolute atomic E-state index is 0.0274. The summed E-state index contributed by atoms with van der Waals surface area (Å²) in [6.45, 7) is 7.67. The van der Waals surface area contributed by atoms with Crippen LogP contribution in [0.1, 0.15) is 50.4 Å². The lowest BCUT2D eigenvalue weighted by molar-refractivity contribution is 0.0447. The monoisotopic (exact) mass is 372 g/mol. The van der Waals surface area contributed by atoms with E-state index >= 15 is 0 Å². The summed E-state index contributed by atoms with van der Waals surface area (Å²) in [6.07, 6.45) is 1.22. The smallest absolute Gasteiger partial charge is 0.251 e. The molecular weight excluding hydrogens is 346 g/mol. The number of hydrogen-bond acceptors (Lipinski definition) is 2. The van der Waals surface area contributed by atoms with Gasteiger partial charge in [-0.15, -0.1) is 0 Å². The van der Waals surface area contributed by atoms with Crippen LogP contribution in [0.4, 0.5) is 8.78 Å². The molecule has 6 heteroatoms. The molecule has 0 aromatic heterocycles. The molecule has 25 heavy (non-hydrogen) atoms. The first-order valence-corrected chi connectivity index (χ1v) is 9.09. The predicted molar refractivity (Wildman–Crippen MR) is 97.2 cm³/mol. The van der Waals surface area contributed by atoms with Gasteiger partial charge in [0.15, 0.2) is 0 Å². The average Bonchev–Trinajstić information content (AvgIpc) is 2.54. The van der Waals surface area contributed by atoms with E-state index in [-0.39, 0.29) is 22.5 Å². The number of rotatable bonds is 5. The lowest BCUT2D eigenvalue weighted by atomic mass is 9.70. The summed E-state index contributed by atoms with van der Waals surface area (Å²) in [5, 5.41) is 5.85. The second kappa shape index (κ2) is 8.00. The molecule has 140 valence electrons. The van der Waals surface area contributed by atoms with Gasteiger partial charge in [-0.25, -0.2) is 8.78 Å². The third-order valence-corrected chi connectivity index (χ3v) is 5.25. The largest absolute Gasteiger partial charge is 0.351 e. The zero-order chi connectivity index (χ0) is 18.7. The Morgan fingerprint density at radius 3 is 2.76 bits per heavy atom. The van der Waals surface area contributed by atoms with Gasteiger partial charge >= 0.3 is 0 Å². The van der Waals surface area contributed by atoms with Gasteiger partial charge in [-0.1, -0.05) is 32.4 Å². The van der Waals surface area contributed by atoms with E-state index in [0.29, 0.717) is 19.4 Å². The first kappa shape index (κ1) is 20.1. The molecule has 0 bridgehead atoms. The lowest BCUT2D eigenvalue weighted by Crippen LogP contribution is -2.52. The molecule has 3 nitrogen and oxygen atoms in total. The fourth-order valence-electron chi connectivity index (χ4n) is 3.13. The van der Waals surface area contributed by atoms with Crippen LogP contribution in [-0.4, -0.2) is 31.7 Å². The van der Waals surface area contributed by atoms with Crippen LogP contribution in [0.15, 0.2) is 18.2 Å². The van der Waals surface area contributed by atoms with Crippen LogP contribution in [0.25, 0.3) is 0 Å². The molecule has 1 aromatic carbocycles. The first-order valence-electron chi connectivity index (χ1n) is 8.71. The number of amides is 1. The van der Waals surface area contributed by atoms with Crippen molar-refractivity contribution in [1.29, 1.82) is 0 Å². The number of alkyl halides is 1. The Kier molecular flexibility index (Phi) is 6.44. The molecule has 0 spiro atoms. The van der Waals surface area contributed by atoms with Crippen molar-refractivity contribution in [2.75, 3.05) is 19.6 Å². The normalized spacial score (nSPS) is 24.2. The SMILES string of the molecule is CC(C)(C)CC[C@]1(CNC(=O)c2ccc(Cl)c(F)c2)CCNC[C@H]1F. The van der Waals surface area contributed by atoms with Gasteiger partial charge in [-0.3, -0.25) is 4.79 Å². The molecule has 1 aliphatic heterocycles. The highest BCUT2D eigenvalue weighted by atomic mass is 35.5. The molecule has 2 N–H and O–H groups in total. The molecule has 0 radical (unpaired) electrons. The van der Waals surface area contributed by atoms with Crippen molar-refractivity contribution >= 4 is 17.5 Å². The molecule has 0 aliphatic carbocycles. The predicted octanol–water partition coefficient (Wildman–Crippen LogP) is 4.35. The quantitative estimate of drug-likeness (QED) is 0.806. The fraction of sp³-hybridized carbons (Fsp3) is 0.632. The van der Waals surface area contributed by atoms with E-state index in [1.165, 1.54) is 12.1 Å². The molecular formula is C19H27ClF2N2O. The minimum Gasteiger partial charge on any atom is -0.351 e. The van der Waals surface area contributed by atoms with Crippen LogP contribution in [-0.2, 0) is 0 Å². The number of hydrogen-bond donors (Lipinski definition) is 2. The Morgan fingerprint density at radius 2 is 2.16 bits per heavy atom. The van der Waals surface area contributed by atoms with Gasteiger partial charge in [-0.05, 0) is 49.4 Å². The van der Waals surface area contributed by atoms with Gasteiger partial charge in [-0.2, -0.15) is 0 Å². The third kappa shape index (κ3) is 5.38. The summed E-state index contributed by atoms with van der Waals surface area (Å²) >= 11 is 5.65. The minimum atomic E-state index is -1.02. The van der Waals surface area contributed by atoms with E-state index < -0.39 is 23.3 Å². The molecule has 2 rings (SSSR count). The van der Waals surface area contributed by atoms with Crippen molar-refractivity contribution in [3.63, 3.8) is 0 Å². The molecule has 1 amide bonds. The van der Waals surface area contributed by atoms with Crippen LogP contribution in [0.2, 0.25) is 5.02 Å². The number of benzene rings is 1. The Labute approximate surface area is 153 Å². The zero-order valence-electron chi connectivity index (χ0n) is 15.1. The highest BCUT2D eigenvalue weighted by Gasteiger charge is 2.41. The molecule has 1 heterocycles.